The Kier molecular flexibility index (Phi) is 8.66. The number of ketones is 1. The third-order valence-electron chi connectivity index (χ3n) is 6.66. The Balaban J connectivity index is 1.65. The third kappa shape index (κ3) is 5.74. The molecule has 0 bridgehead atoms. The van der Waals surface area contributed by atoms with E-state index in [2.05, 4.69) is 13.8 Å². The highest BCUT2D eigenvalue weighted by atomic mass is 32.1. The number of nitrogens with zero attached hydrogens (tertiary/aromatic N) is 1. The lowest BCUT2D eigenvalue weighted by atomic mass is 9.95. The Bertz CT molecular complexity index is 1090. The molecule has 194 valence electrons. The number of nitrogens with one attached hydrogen (secondary N) is 1. The summed E-state index contributed by atoms with van der Waals surface area (Å²) in [6.07, 6.45) is 0.912. The molecule has 0 aliphatic carbocycles. The fourth-order valence-electron chi connectivity index (χ4n) is 4.57. The Morgan fingerprint density at radius 2 is 2.03 bits per heavy atom. The lowest BCUT2D eigenvalue weighted by Crippen LogP contribution is -3.14. The molecule has 9 heteroatoms. The predicted molar refractivity (Wildman–Crippen MR) is 137 cm³/mol. The molecule has 3 heterocycles. The van der Waals surface area contributed by atoms with Gasteiger partial charge in [-0.25, -0.2) is 0 Å². The van der Waals surface area contributed by atoms with Crippen molar-refractivity contribution in [2.75, 3.05) is 53.1 Å². The zero-order valence-corrected chi connectivity index (χ0v) is 21.9. The van der Waals surface area contributed by atoms with Gasteiger partial charge in [0.1, 0.15) is 13.1 Å². The van der Waals surface area contributed by atoms with E-state index in [9.17, 15) is 14.7 Å². The number of carbonyl (C=O) groups is 2. The first-order chi connectivity index (χ1) is 17.4. The first-order valence-corrected chi connectivity index (χ1v) is 13.3. The van der Waals surface area contributed by atoms with E-state index in [1.54, 1.807) is 30.2 Å². The Morgan fingerprint density at radius 3 is 2.69 bits per heavy atom. The summed E-state index contributed by atoms with van der Waals surface area (Å²) >= 11 is 1.29. The second kappa shape index (κ2) is 11.9. The van der Waals surface area contributed by atoms with Gasteiger partial charge in [0.15, 0.2) is 17.3 Å². The van der Waals surface area contributed by atoms with E-state index in [0.717, 1.165) is 19.5 Å². The van der Waals surface area contributed by atoms with Crippen LogP contribution in [0.3, 0.4) is 0 Å². The van der Waals surface area contributed by atoms with E-state index in [-0.39, 0.29) is 11.4 Å². The quantitative estimate of drug-likeness (QED) is 0.448. The van der Waals surface area contributed by atoms with Crippen LogP contribution in [0, 0.1) is 5.92 Å². The third-order valence-corrected chi connectivity index (χ3v) is 7.52. The van der Waals surface area contributed by atoms with Gasteiger partial charge in [0.25, 0.3) is 5.91 Å². The first kappa shape index (κ1) is 26.2. The van der Waals surface area contributed by atoms with E-state index in [1.807, 2.05) is 17.5 Å². The van der Waals surface area contributed by atoms with E-state index < -0.39 is 17.7 Å². The molecule has 2 aromatic rings. The minimum absolute atomic E-state index is 0.106. The highest BCUT2D eigenvalue weighted by Gasteiger charge is 2.44. The zero-order chi connectivity index (χ0) is 25.7. The van der Waals surface area contributed by atoms with Crippen LogP contribution in [0.25, 0.3) is 0 Å². The van der Waals surface area contributed by atoms with Crippen molar-refractivity contribution in [3.05, 3.63) is 57.5 Å². The van der Waals surface area contributed by atoms with Crippen molar-refractivity contribution in [1.82, 2.24) is 4.90 Å². The number of hydrogen-bond donors (Lipinski definition) is 2. The van der Waals surface area contributed by atoms with Crippen molar-refractivity contribution in [2.45, 2.75) is 26.3 Å². The van der Waals surface area contributed by atoms with Crippen molar-refractivity contribution in [2.24, 2.45) is 5.92 Å². The molecule has 1 aromatic heterocycles. The number of Topliss-reactive ketones (excluding diaryl/α,β-unsaturated/α-hetero) is 1. The number of hydrogen-bond acceptors (Lipinski definition) is 7. The molecule has 4 rings (SSSR count). The minimum Gasteiger partial charge on any atom is -0.503 e. The van der Waals surface area contributed by atoms with Crippen molar-refractivity contribution in [3.8, 4) is 11.5 Å². The summed E-state index contributed by atoms with van der Waals surface area (Å²) in [6, 6.07) is 8.24. The van der Waals surface area contributed by atoms with Crippen molar-refractivity contribution < 1.29 is 33.8 Å². The van der Waals surface area contributed by atoms with Gasteiger partial charge in [0.05, 0.1) is 56.5 Å². The van der Waals surface area contributed by atoms with Gasteiger partial charge in [-0.3, -0.25) is 9.59 Å². The Labute approximate surface area is 216 Å². The lowest BCUT2D eigenvalue weighted by molar-refractivity contribution is -0.907. The number of ether oxygens (including phenoxy) is 3. The molecule has 1 fully saturated rings. The lowest BCUT2D eigenvalue weighted by Gasteiger charge is -2.30. The van der Waals surface area contributed by atoms with Crippen LogP contribution in [0.4, 0.5) is 0 Å². The number of amides is 1. The molecule has 2 aliphatic heterocycles. The van der Waals surface area contributed by atoms with Crippen LogP contribution >= 0.6 is 11.3 Å². The second-order valence-corrected chi connectivity index (χ2v) is 10.5. The molecule has 2 N–H and O–H groups in total. The van der Waals surface area contributed by atoms with E-state index in [0.29, 0.717) is 60.8 Å². The van der Waals surface area contributed by atoms with Crippen LogP contribution in [-0.2, 0) is 9.53 Å². The van der Waals surface area contributed by atoms with E-state index in [4.69, 9.17) is 14.2 Å². The number of methoxy groups -OCH3 is 1. The van der Waals surface area contributed by atoms with Gasteiger partial charge in [0, 0.05) is 0 Å². The number of carbonyl (C=O) groups excluding carboxylic acids is 2. The van der Waals surface area contributed by atoms with Crippen LogP contribution in [0.1, 0.15) is 41.5 Å². The highest BCUT2D eigenvalue weighted by Crippen LogP contribution is 2.41. The predicted octanol–water partition coefficient (Wildman–Crippen LogP) is 2.68. The standard InChI is InChI=1S/C27H34N2O6S/c1-18(2)8-13-35-20-7-6-19(17-21(20)33-3)24-23(25(30)22-5-4-16-36-22)26(31)27(32)29(24)10-9-28-11-14-34-15-12-28/h4-7,16-18,24,31H,8-15H2,1-3H3/p+1/t24-/m0/s1. The van der Waals surface area contributed by atoms with Crippen LogP contribution < -0.4 is 14.4 Å². The maximum atomic E-state index is 13.5. The Hall–Kier alpha value is -2.88. The topological polar surface area (TPSA) is 89.7 Å². The summed E-state index contributed by atoms with van der Waals surface area (Å²) in [4.78, 5) is 30.1. The van der Waals surface area contributed by atoms with Crippen LogP contribution in [0.2, 0.25) is 0 Å². The van der Waals surface area contributed by atoms with E-state index in [1.165, 1.54) is 16.2 Å². The molecule has 1 amide bonds. The van der Waals surface area contributed by atoms with Gasteiger partial charge in [-0.05, 0) is 41.5 Å². The maximum absolute atomic E-state index is 13.5. The maximum Gasteiger partial charge on any atom is 0.290 e. The normalized spacial score (nSPS) is 18.8. The Morgan fingerprint density at radius 1 is 1.25 bits per heavy atom. The molecule has 1 atom stereocenters. The summed E-state index contributed by atoms with van der Waals surface area (Å²) in [6.45, 7) is 9.05. The van der Waals surface area contributed by atoms with Crippen LogP contribution in [0.15, 0.2) is 47.0 Å². The molecule has 1 saturated heterocycles. The number of rotatable bonds is 11. The number of thiophene rings is 1. The zero-order valence-electron chi connectivity index (χ0n) is 21.1. The summed E-state index contributed by atoms with van der Waals surface area (Å²) in [5.41, 5.74) is 0.798. The van der Waals surface area contributed by atoms with Gasteiger partial charge in [0.2, 0.25) is 5.78 Å². The van der Waals surface area contributed by atoms with Gasteiger partial charge in [-0.15, -0.1) is 11.3 Å². The molecule has 8 nitrogen and oxygen atoms in total. The molecule has 0 unspecified atom stereocenters. The molecular weight excluding hydrogens is 480 g/mol. The highest BCUT2D eigenvalue weighted by molar-refractivity contribution is 7.12. The van der Waals surface area contributed by atoms with Crippen molar-refractivity contribution in [1.29, 1.82) is 0 Å². The minimum atomic E-state index is -0.717. The van der Waals surface area contributed by atoms with Gasteiger partial charge in [-0.1, -0.05) is 26.0 Å². The van der Waals surface area contributed by atoms with Gasteiger partial charge < -0.3 is 29.1 Å². The van der Waals surface area contributed by atoms with Crippen LogP contribution in [0.5, 0.6) is 11.5 Å². The molecule has 0 radical (unpaired) electrons. The number of aliphatic hydroxyl groups excluding tert-OH is 1. The number of quaternary nitrogens is 1. The number of aliphatic hydroxyl groups is 1. The fraction of sp³-hybridized carbons (Fsp3) is 0.481. The first-order valence-electron chi connectivity index (χ1n) is 12.4. The van der Waals surface area contributed by atoms with E-state index >= 15 is 0 Å². The monoisotopic (exact) mass is 515 g/mol. The molecular formula is C27H35N2O6S+. The molecule has 0 saturated carbocycles. The molecule has 2 aliphatic rings. The largest absolute Gasteiger partial charge is 0.503 e. The SMILES string of the molecule is COc1cc([C@H]2C(C(=O)c3cccs3)=C(O)C(=O)N2CC[NH+]2CCOCC2)ccc1OCCC(C)C. The summed E-state index contributed by atoms with van der Waals surface area (Å²) in [5, 5.41) is 12.7. The summed E-state index contributed by atoms with van der Waals surface area (Å²) in [5.74, 6) is 0.307. The second-order valence-electron chi connectivity index (χ2n) is 9.52. The average Bonchev–Trinajstić information content (AvgIpc) is 3.50. The van der Waals surface area contributed by atoms with Crippen molar-refractivity contribution >= 4 is 23.0 Å². The fourth-order valence-corrected chi connectivity index (χ4v) is 5.25. The smallest absolute Gasteiger partial charge is 0.290 e. The summed E-state index contributed by atoms with van der Waals surface area (Å²) in [7, 11) is 1.57. The van der Waals surface area contributed by atoms with Gasteiger partial charge in [-0.2, -0.15) is 0 Å². The average molecular weight is 516 g/mol. The summed E-state index contributed by atoms with van der Waals surface area (Å²) < 4.78 is 17.0. The van der Waals surface area contributed by atoms with Crippen LogP contribution in [-0.4, -0.2) is 74.8 Å². The number of benzene rings is 1. The van der Waals surface area contributed by atoms with Gasteiger partial charge >= 0.3 is 0 Å². The molecule has 36 heavy (non-hydrogen) atoms. The molecule has 1 aromatic carbocycles. The molecule has 0 spiro atoms. The number of morpholine rings is 1. The van der Waals surface area contributed by atoms with Crippen molar-refractivity contribution in [3.63, 3.8) is 0 Å².